The first kappa shape index (κ1) is 26.3. The molecule has 0 aliphatic heterocycles. The molecule has 3 saturated carbocycles. The van der Waals surface area contributed by atoms with Crippen molar-refractivity contribution in [3.05, 3.63) is 11.6 Å². The van der Waals surface area contributed by atoms with E-state index < -0.39 is 0 Å². The molecule has 0 heterocycles. The van der Waals surface area contributed by atoms with Gasteiger partial charge < -0.3 is 4.74 Å². The van der Waals surface area contributed by atoms with Crippen molar-refractivity contribution in [1.29, 1.82) is 5.26 Å². The number of nitriles is 1. The average Bonchev–Trinajstić information content (AvgIpc) is 3.16. The molecule has 0 spiro atoms. The highest BCUT2D eigenvalue weighted by Gasteiger charge is 2.59. The molecule has 4 aliphatic carbocycles. The Balaban J connectivity index is 1.43. The maximum Gasteiger partial charge on any atom is 0.0645 e. The summed E-state index contributed by atoms with van der Waals surface area (Å²) in [5.74, 6) is 6.27. The Morgan fingerprint density at radius 2 is 1.85 bits per heavy atom. The fraction of sp³-hybridized carbons (Fsp3) is 0.906. The van der Waals surface area contributed by atoms with E-state index in [1.165, 1.54) is 64.2 Å². The topological polar surface area (TPSA) is 33.0 Å². The second-order valence-corrected chi connectivity index (χ2v) is 13.6. The number of rotatable bonds is 9. The molecular weight excluding hydrogens is 414 g/mol. The predicted molar refractivity (Wildman–Crippen MR) is 142 cm³/mol. The minimum Gasteiger partial charge on any atom is -0.377 e. The van der Waals surface area contributed by atoms with Crippen molar-refractivity contribution >= 4 is 0 Å². The number of allylic oxidation sites excluding steroid dienone is 1. The second kappa shape index (κ2) is 10.7. The third kappa shape index (κ3) is 4.77. The van der Waals surface area contributed by atoms with Crippen molar-refractivity contribution < 1.29 is 4.74 Å². The summed E-state index contributed by atoms with van der Waals surface area (Å²) in [7, 11) is 0. The van der Waals surface area contributed by atoms with Gasteiger partial charge in [0.1, 0.15) is 0 Å². The van der Waals surface area contributed by atoms with Crippen molar-refractivity contribution in [3.63, 3.8) is 0 Å². The number of fused-ring (bicyclic) bond motifs is 5. The van der Waals surface area contributed by atoms with Gasteiger partial charge in [-0.25, -0.2) is 0 Å². The maximum absolute atomic E-state index is 8.85. The van der Waals surface area contributed by atoms with Gasteiger partial charge in [-0.05, 0) is 110 Å². The fourth-order valence-corrected chi connectivity index (χ4v) is 9.70. The van der Waals surface area contributed by atoms with Crippen LogP contribution in [0.5, 0.6) is 0 Å². The van der Waals surface area contributed by atoms with E-state index in [2.05, 4.69) is 53.7 Å². The normalized spacial score (nSPS) is 41.1. The Morgan fingerprint density at radius 1 is 1.06 bits per heavy atom. The summed E-state index contributed by atoms with van der Waals surface area (Å²) in [6, 6.07) is 2.23. The minimum atomic E-state index is 0.340. The van der Waals surface area contributed by atoms with E-state index in [9.17, 15) is 0 Å². The third-order valence-corrected chi connectivity index (χ3v) is 11.8. The summed E-state index contributed by atoms with van der Waals surface area (Å²) in [4.78, 5) is 0. The zero-order chi connectivity index (χ0) is 24.5. The van der Waals surface area contributed by atoms with Crippen molar-refractivity contribution in [2.24, 2.45) is 52.3 Å². The summed E-state index contributed by atoms with van der Waals surface area (Å²) in [6.45, 7) is 15.8. The maximum atomic E-state index is 8.85. The largest absolute Gasteiger partial charge is 0.377 e. The lowest BCUT2D eigenvalue weighted by atomic mass is 9.47. The van der Waals surface area contributed by atoms with Crippen LogP contribution in [0.1, 0.15) is 119 Å². The average molecular weight is 468 g/mol. The molecule has 0 aromatic rings. The highest BCUT2D eigenvalue weighted by molar-refractivity contribution is 5.25. The van der Waals surface area contributed by atoms with E-state index in [1.54, 1.807) is 5.57 Å². The molecule has 9 atom stereocenters. The summed E-state index contributed by atoms with van der Waals surface area (Å²) in [5.41, 5.74) is 2.67. The first-order chi connectivity index (χ1) is 16.2. The standard InChI is InChI=1S/C32H53NO/c1-7-24(22(2)3)10-9-23(4)28-13-14-29-27-12-11-25-21-26(34-20-8-19-33)15-17-31(25,5)30(27)16-18-32(28,29)6/h11,22-24,26-30H,7-10,12-18,20-21H2,1-6H3/t23-,24-,26+,27+,28-,29+,30+,31+,32-/m1/s1. The first-order valence-corrected chi connectivity index (χ1v) is 14.9. The van der Waals surface area contributed by atoms with Crippen LogP contribution in [0.2, 0.25) is 0 Å². The Morgan fingerprint density at radius 3 is 2.56 bits per heavy atom. The third-order valence-electron chi connectivity index (χ3n) is 11.8. The van der Waals surface area contributed by atoms with Crippen LogP contribution in [0, 0.1) is 63.6 Å². The predicted octanol–water partition coefficient (Wildman–Crippen LogP) is 8.96. The Hall–Kier alpha value is -0.810. The molecule has 34 heavy (non-hydrogen) atoms. The van der Waals surface area contributed by atoms with Gasteiger partial charge in [-0.15, -0.1) is 0 Å². The zero-order valence-corrected chi connectivity index (χ0v) is 23.2. The smallest absolute Gasteiger partial charge is 0.0645 e. The van der Waals surface area contributed by atoms with Crippen LogP contribution >= 0.6 is 0 Å². The van der Waals surface area contributed by atoms with Crippen LogP contribution in [0.3, 0.4) is 0 Å². The van der Waals surface area contributed by atoms with E-state index >= 15 is 0 Å². The summed E-state index contributed by atoms with van der Waals surface area (Å²) in [5, 5.41) is 8.85. The summed E-state index contributed by atoms with van der Waals surface area (Å²) >= 11 is 0. The zero-order valence-electron chi connectivity index (χ0n) is 23.2. The quantitative estimate of drug-likeness (QED) is 0.250. The van der Waals surface area contributed by atoms with Crippen LogP contribution in [-0.2, 0) is 4.74 Å². The van der Waals surface area contributed by atoms with Crippen LogP contribution in [0.25, 0.3) is 0 Å². The second-order valence-electron chi connectivity index (χ2n) is 13.6. The molecule has 2 heteroatoms. The summed E-state index contributed by atoms with van der Waals surface area (Å²) < 4.78 is 6.08. The van der Waals surface area contributed by atoms with Crippen LogP contribution in [0.15, 0.2) is 11.6 Å². The molecule has 4 aliphatic rings. The van der Waals surface area contributed by atoms with Gasteiger partial charge >= 0.3 is 0 Å². The van der Waals surface area contributed by atoms with Gasteiger partial charge in [0.25, 0.3) is 0 Å². The molecule has 0 aromatic heterocycles. The molecular formula is C32H53NO. The number of ether oxygens (including phenoxy) is 1. The molecule has 192 valence electrons. The van der Waals surface area contributed by atoms with E-state index in [1.807, 2.05) is 0 Å². The van der Waals surface area contributed by atoms with E-state index in [0.717, 1.165) is 47.8 Å². The lowest BCUT2D eigenvalue weighted by Crippen LogP contribution is -2.51. The van der Waals surface area contributed by atoms with Crippen LogP contribution in [0.4, 0.5) is 0 Å². The van der Waals surface area contributed by atoms with Crippen molar-refractivity contribution in [2.75, 3.05) is 6.61 Å². The van der Waals surface area contributed by atoms with E-state index in [4.69, 9.17) is 10.00 Å². The lowest BCUT2D eigenvalue weighted by molar-refractivity contribution is -0.0637. The molecule has 0 amide bonds. The van der Waals surface area contributed by atoms with Gasteiger partial charge in [0.2, 0.25) is 0 Å². The minimum absolute atomic E-state index is 0.340. The molecule has 0 unspecified atom stereocenters. The van der Waals surface area contributed by atoms with E-state index in [-0.39, 0.29) is 0 Å². The van der Waals surface area contributed by atoms with Gasteiger partial charge in [0, 0.05) is 0 Å². The molecule has 3 fully saturated rings. The Kier molecular flexibility index (Phi) is 8.24. The van der Waals surface area contributed by atoms with E-state index in [0.29, 0.717) is 30.0 Å². The monoisotopic (exact) mass is 467 g/mol. The van der Waals surface area contributed by atoms with Gasteiger partial charge in [-0.2, -0.15) is 5.26 Å². The van der Waals surface area contributed by atoms with Gasteiger partial charge in [0.05, 0.1) is 25.2 Å². The molecule has 0 bridgehead atoms. The van der Waals surface area contributed by atoms with Gasteiger partial charge in [-0.1, -0.05) is 66.0 Å². The number of hydrogen-bond donors (Lipinski definition) is 0. The molecule has 0 aromatic carbocycles. The summed E-state index contributed by atoms with van der Waals surface area (Å²) in [6.07, 6.45) is 18.5. The molecule has 4 rings (SSSR count). The molecule has 0 saturated heterocycles. The Bertz CT molecular complexity index is 763. The van der Waals surface area contributed by atoms with Crippen molar-refractivity contribution in [3.8, 4) is 6.07 Å². The number of hydrogen-bond acceptors (Lipinski definition) is 2. The van der Waals surface area contributed by atoms with Crippen molar-refractivity contribution in [2.45, 2.75) is 125 Å². The SMILES string of the molecule is CC[C@H](CC[C@@H](C)[C@H]1CC[C@H]2[C@@H]3CC=C4C[C@@H](OCCC#N)CC[C@]4(C)[C@H]3CC[C@]12C)C(C)C. The van der Waals surface area contributed by atoms with Gasteiger partial charge in [-0.3, -0.25) is 0 Å². The Labute approximate surface area is 211 Å². The first-order valence-electron chi connectivity index (χ1n) is 14.9. The van der Waals surface area contributed by atoms with Gasteiger partial charge in [0.15, 0.2) is 0 Å². The molecule has 0 radical (unpaired) electrons. The number of nitrogens with zero attached hydrogens (tertiary/aromatic N) is 1. The molecule has 2 nitrogen and oxygen atoms in total. The lowest BCUT2D eigenvalue weighted by Gasteiger charge is -2.58. The highest BCUT2D eigenvalue weighted by atomic mass is 16.5. The highest BCUT2D eigenvalue weighted by Crippen LogP contribution is 2.67. The van der Waals surface area contributed by atoms with Crippen LogP contribution < -0.4 is 0 Å². The van der Waals surface area contributed by atoms with Crippen LogP contribution in [-0.4, -0.2) is 12.7 Å². The molecule has 0 N–H and O–H groups in total. The fourth-order valence-electron chi connectivity index (χ4n) is 9.70. The van der Waals surface area contributed by atoms with Crippen molar-refractivity contribution in [1.82, 2.24) is 0 Å².